The number of benzene rings is 6. The van der Waals surface area contributed by atoms with Crippen molar-refractivity contribution >= 4 is 32.9 Å². The van der Waals surface area contributed by atoms with Gasteiger partial charge >= 0.3 is 0 Å². The van der Waals surface area contributed by atoms with Gasteiger partial charge in [0.25, 0.3) is 0 Å². The standard InChI is InChI=1S/C40H24N2O4/c1-5-23-11-9-13-29-37(23)25(7-3)19-35(45-27-15-17-33(43)31(41)21-27)39(29)40-30-14-10-12-24(6-2)38(30)26(8-4)20-36(40)46-28-16-18-34(44)32(42)22-28/h1-4,9-22,43-44H,41-42H2. The number of hydrogen-bond acceptors (Lipinski definition) is 6. The van der Waals surface area contributed by atoms with Gasteiger partial charge in [-0.1, -0.05) is 47.9 Å². The number of phenolic OH excluding ortho intramolecular Hbond substituents is 2. The van der Waals surface area contributed by atoms with Crippen LogP contribution in [0.1, 0.15) is 22.3 Å². The Labute approximate surface area is 265 Å². The second-order valence-corrected chi connectivity index (χ2v) is 10.3. The summed E-state index contributed by atoms with van der Waals surface area (Å²) in [6, 6.07) is 23.5. The van der Waals surface area contributed by atoms with Crippen molar-refractivity contribution < 1.29 is 19.7 Å². The summed E-state index contributed by atoms with van der Waals surface area (Å²) in [6.07, 6.45) is 24.0. The highest BCUT2D eigenvalue weighted by molar-refractivity contribution is 6.14. The van der Waals surface area contributed by atoms with Gasteiger partial charge in [-0.15, -0.1) is 25.7 Å². The van der Waals surface area contributed by atoms with Crippen molar-refractivity contribution in [3.05, 3.63) is 107 Å². The lowest BCUT2D eigenvalue weighted by Gasteiger charge is -2.22. The minimum atomic E-state index is -0.0874. The summed E-state index contributed by atoms with van der Waals surface area (Å²) in [7, 11) is 0. The molecule has 0 aromatic heterocycles. The molecule has 46 heavy (non-hydrogen) atoms. The molecule has 0 unspecified atom stereocenters. The van der Waals surface area contributed by atoms with Crippen LogP contribution in [0.2, 0.25) is 0 Å². The van der Waals surface area contributed by atoms with Gasteiger partial charge in [0.1, 0.15) is 34.5 Å². The SMILES string of the molecule is C#Cc1cccc2c(-c3c(Oc4ccc(O)c(N)c4)cc(C#C)c4c(C#C)cccc34)c(Oc3ccc(O)c(N)c3)cc(C#C)c12. The molecule has 6 N–H and O–H groups in total. The van der Waals surface area contributed by atoms with Crippen LogP contribution in [-0.4, -0.2) is 10.2 Å². The molecule has 6 aromatic rings. The van der Waals surface area contributed by atoms with Crippen LogP contribution in [0, 0.1) is 49.4 Å². The Morgan fingerprint density at radius 2 is 0.891 bits per heavy atom. The fourth-order valence-corrected chi connectivity index (χ4v) is 5.51. The summed E-state index contributed by atoms with van der Waals surface area (Å²) < 4.78 is 13.0. The monoisotopic (exact) mass is 596 g/mol. The first kappa shape index (κ1) is 29.0. The van der Waals surface area contributed by atoms with E-state index in [1.807, 2.05) is 24.3 Å². The summed E-state index contributed by atoms with van der Waals surface area (Å²) >= 11 is 0. The molecule has 0 aliphatic heterocycles. The fourth-order valence-electron chi connectivity index (χ4n) is 5.51. The Morgan fingerprint density at radius 3 is 1.24 bits per heavy atom. The Balaban J connectivity index is 1.80. The van der Waals surface area contributed by atoms with Crippen LogP contribution in [0.4, 0.5) is 11.4 Å². The fraction of sp³-hybridized carbons (Fsp3) is 0. The Kier molecular flexibility index (Phi) is 7.26. The lowest BCUT2D eigenvalue weighted by atomic mass is 9.86. The van der Waals surface area contributed by atoms with Crippen LogP contribution < -0.4 is 20.9 Å². The van der Waals surface area contributed by atoms with Gasteiger partial charge in [0.05, 0.1) is 11.4 Å². The van der Waals surface area contributed by atoms with E-state index in [9.17, 15) is 10.2 Å². The Morgan fingerprint density at radius 1 is 0.500 bits per heavy atom. The van der Waals surface area contributed by atoms with E-state index in [2.05, 4.69) is 23.7 Å². The average molecular weight is 597 g/mol. The van der Waals surface area contributed by atoms with E-state index in [1.54, 1.807) is 36.4 Å². The van der Waals surface area contributed by atoms with Crippen LogP contribution in [0.25, 0.3) is 32.7 Å². The number of nitrogen functional groups attached to an aromatic ring is 2. The molecule has 0 amide bonds. The molecule has 0 aliphatic rings. The maximum Gasteiger partial charge on any atom is 0.138 e. The molecule has 0 heterocycles. The first-order valence-electron chi connectivity index (χ1n) is 13.9. The van der Waals surface area contributed by atoms with Crippen LogP contribution in [0.3, 0.4) is 0 Å². The molecule has 0 aliphatic carbocycles. The molecule has 0 spiro atoms. The zero-order valence-electron chi connectivity index (χ0n) is 24.3. The highest BCUT2D eigenvalue weighted by atomic mass is 16.5. The molecule has 6 rings (SSSR count). The van der Waals surface area contributed by atoms with E-state index >= 15 is 0 Å². The summed E-state index contributed by atoms with van der Waals surface area (Å²) in [5, 5.41) is 22.8. The third-order valence-corrected chi connectivity index (χ3v) is 7.58. The molecule has 6 heteroatoms. The van der Waals surface area contributed by atoms with Gasteiger partial charge < -0.3 is 31.2 Å². The van der Waals surface area contributed by atoms with Crippen molar-refractivity contribution in [2.24, 2.45) is 0 Å². The molecule has 0 bridgehead atoms. The maximum atomic E-state index is 10.1. The summed E-state index contributed by atoms with van der Waals surface area (Å²) in [5.74, 6) is 12.2. The number of rotatable bonds is 5. The number of terminal acetylenes is 4. The quantitative estimate of drug-likeness (QED) is 0.0920. The first-order valence-corrected chi connectivity index (χ1v) is 13.9. The summed E-state index contributed by atoms with van der Waals surface area (Å²) in [4.78, 5) is 0. The smallest absolute Gasteiger partial charge is 0.138 e. The maximum absolute atomic E-state index is 10.1. The molecule has 0 saturated heterocycles. The third kappa shape index (κ3) is 4.86. The van der Waals surface area contributed by atoms with Gasteiger partial charge in [-0.05, 0) is 59.3 Å². The summed E-state index contributed by atoms with van der Waals surface area (Å²) in [5.41, 5.74) is 15.6. The number of nitrogens with two attached hydrogens (primary N) is 2. The average Bonchev–Trinajstić information content (AvgIpc) is 3.07. The minimum Gasteiger partial charge on any atom is -0.506 e. The highest BCUT2D eigenvalue weighted by Crippen LogP contribution is 2.50. The second kappa shape index (κ2) is 11.5. The molecule has 6 aromatic carbocycles. The number of aromatic hydroxyl groups is 2. The van der Waals surface area contributed by atoms with Crippen molar-refractivity contribution in [1.82, 2.24) is 0 Å². The number of anilines is 2. The lowest BCUT2D eigenvalue weighted by Crippen LogP contribution is -1.99. The van der Waals surface area contributed by atoms with Gasteiger partial charge in [0, 0.05) is 56.3 Å². The molecule has 0 fully saturated rings. The predicted octanol–water partition coefficient (Wildman–Crippen LogP) is 7.75. The van der Waals surface area contributed by atoms with Crippen LogP contribution in [0.15, 0.2) is 84.9 Å². The number of ether oxygens (including phenoxy) is 2. The van der Waals surface area contributed by atoms with E-state index in [-0.39, 0.29) is 22.9 Å². The molecule has 0 atom stereocenters. The predicted molar refractivity (Wildman–Crippen MR) is 184 cm³/mol. The van der Waals surface area contributed by atoms with Crippen LogP contribution in [0.5, 0.6) is 34.5 Å². The highest BCUT2D eigenvalue weighted by Gasteiger charge is 2.25. The zero-order chi connectivity index (χ0) is 32.5. The van der Waals surface area contributed by atoms with E-state index < -0.39 is 0 Å². The molecule has 0 radical (unpaired) electrons. The van der Waals surface area contributed by atoms with E-state index in [0.29, 0.717) is 77.9 Å². The van der Waals surface area contributed by atoms with Crippen LogP contribution in [-0.2, 0) is 0 Å². The van der Waals surface area contributed by atoms with Crippen molar-refractivity contribution in [3.63, 3.8) is 0 Å². The third-order valence-electron chi connectivity index (χ3n) is 7.58. The summed E-state index contributed by atoms with van der Waals surface area (Å²) in [6.45, 7) is 0. The van der Waals surface area contributed by atoms with E-state index in [0.717, 1.165) is 0 Å². The molecule has 218 valence electrons. The van der Waals surface area contributed by atoms with Gasteiger partial charge in [0.2, 0.25) is 0 Å². The molecule has 0 saturated carbocycles. The van der Waals surface area contributed by atoms with Crippen molar-refractivity contribution in [1.29, 1.82) is 0 Å². The molecule has 6 nitrogen and oxygen atoms in total. The van der Waals surface area contributed by atoms with Crippen molar-refractivity contribution in [3.8, 4) is 95.0 Å². The molecular weight excluding hydrogens is 572 g/mol. The zero-order valence-corrected chi connectivity index (χ0v) is 24.3. The Hall–Kier alpha value is -7.12. The largest absolute Gasteiger partial charge is 0.506 e. The van der Waals surface area contributed by atoms with Crippen molar-refractivity contribution in [2.45, 2.75) is 0 Å². The minimum absolute atomic E-state index is 0.0874. The lowest BCUT2D eigenvalue weighted by molar-refractivity contribution is 0.465. The van der Waals surface area contributed by atoms with Gasteiger partial charge in [-0.2, -0.15) is 0 Å². The van der Waals surface area contributed by atoms with Gasteiger partial charge in [-0.25, -0.2) is 0 Å². The number of phenols is 2. The Bertz CT molecular complexity index is 2240. The van der Waals surface area contributed by atoms with Gasteiger partial charge in [-0.3, -0.25) is 0 Å². The van der Waals surface area contributed by atoms with Crippen LogP contribution >= 0.6 is 0 Å². The first-order chi connectivity index (χ1) is 22.3. The van der Waals surface area contributed by atoms with E-state index in [4.69, 9.17) is 46.6 Å². The van der Waals surface area contributed by atoms with Gasteiger partial charge in [0.15, 0.2) is 0 Å². The number of hydrogen-bond donors (Lipinski definition) is 4. The normalized spacial score (nSPS) is 10.4. The van der Waals surface area contributed by atoms with Crippen molar-refractivity contribution in [2.75, 3.05) is 11.5 Å². The topological polar surface area (TPSA) is 111 Å². The van der Waals surface area contributed by atoms with E-state index in [1.165, 1.54) is 24.3 Å². The number of fused-ring (bicyclic) bond motifs is 2. The molecular formula is C40H24N2O4. The second-order valence-electron chi connectivity index (χ2n) is 10.3.